The molecule has 0 bridgehead atoms. The normalized spacial score (nSPS) is 12.2. The van der Waals surface area contributed by atoms with Gasteiger partial charge in [0, 0.05) is 19.3 Å². The van der Waals surface area contributed by atoms with E-state index in [4.69, 9.17) is 16.7 Å². The minimum atomic E-state index is -0.267. The molecule has 0 saturated heterocycles. The van der Waals surface area contributed by atoms with Crippen LogP contribution in [0.15, 0.2) is 36.5 Å². The molecule has 0 aliphatic rings. The minimum absolute atomic E-state index is 0.0182. The number of carbonyl (C=O) groups excluding carboxylic acids is 1. The maximum Gasteiger partial charge on any atom is 0.271 e. The van der Waals surface area contributed by atoms with E-state index < -0.39 is 0 Å². The van der Waals surface area contributed by atoms with Crippen LogP contribution in [0.4, 0.5) is 0 Å². The SMILES string of the molecule is CC(CO)CNC(=O)c1ccn(-c2ccccc2Cl)n1. The van der Waals surface area contributed by atoms with E-state index >= 15 is 0 Å². The number of para-hydroxylation sites is 1. The minimum Gasteiger partial charge on any atom is -0.396 e. The highest BCUT2D eigenvalue weighted by atomic mass is 35.5. The Kier molecular flexibility index (Phi) is 4.76. The zero-order valence-corrected chi connectivity index (χ0v) is 11.8. The number of nitrogens with zero attached hydrogens (tertiary/aromatic N) is 2. The molecule has 0 aliphatic carbocycles. The molecule has 0 radical (unpaired) electrons. The molecule has 0 fully saturated rings. The highest BCUT2D eigenvalue weighted by molar-refractivity contribution is 6.32. The molecule has 0 aliphatic heterocycles. The molecule has 2 aromatic rings. The molecule has 20 heavy (non-hydrogen) atoms. The number of amides is 1. The van der Waals surface area contributed by atoms with Gasteiger partial charge < -0.3 is 10.4 Å². The van der Waals surface area contributed by atoms with Gasteiger partial charge in [-0.2, -0.15) is 5.10 Å². The number of nitrogens with one attached hydrogen (secondary N) is 1. The first-order valence-corrected chi connectivity index (χ1v) is 6.69. The van der Waals surface area contributed by atoms with E-state index in [0.29, 0.717) is 17.3 Å². The van der Waals surface area contributed by atoms with Crippen molar-refractivity contribution in [3.8, 4) is 5.69 Å². The molecule has 106 valence electrons. The van der Waals surface area contributed by atoms with Crippen LogP contribution >= 0.6 is 11.6 Å². The first-order valence-electron chi connectivity index (χ1n) is 6.31. The molecule has 1 amide bonds. The van der Waals surface area contributed by atoms with Crippen molar-refractivity contribution in [1.29, 1.82) is 0 Å². The molecular weight excluding hydrogens is 278 g/mol. The zero-order chi connectivity index (χ0) is 14.5. The number of carbonyl (C=O) groups is 1. The van der Waals surface area contributed by atoms with Gasteiger partial charge in [-0.3, -0.25) is 4.79 Å². The summed E-state index contributed by atoms with van der Waals surface area (Å²) < 4.78 is 1.56. The molecule has 5 nitrogen and oxygen atoms in total. The van der Waals surface area contributed by atoms with Crippen LogP contribution in [0, 0.1) is 5.92 Å². The summed E-state index contributed by atoms with van der Waals surface area (Å²) >= 11 is 6.08. The number of hydrogen-bond acceptors (Lipinski definition) is 3. The van der Waals surface area contributed by atoms with Gasteiger partial charge >= 0.3 is 0 Å². The van der Waals surface area contributed by atoms with Crippen LogP contribution in [-0.2, 0) is 0 Å². The summed E-state index contributed by atoms with van der Waals surface area (Å²) in [5, 5.41) is 16.4. The first kappa shape index (κ1) is 14.6. The standard InChI is InChI=1S/C14H16ClN3O2/c1-10(9-19)8-16-14(20)12-6-7-18(17-12)13-5-3-2-4-11(13)15/h2-7,10,19H,8-9H2,1H3,(H,16,20). The monoisotopic (exact) mass is 293 g/mol. The molecule has 0 saturated carbocycles. The fourth-order valence-electron chi connectivity index (χ4n) is 1.64. The van der Waals surface area contributed by atoms with Gasteiger partial charge in [0.05, 0.1) is 10.7 Å². The first-order chi connectivity index (χ1) is 9.61. The summed E-state index contributed by atoms with van der Waals surface area (Å²) in [6.45, 7) is 2.30. The number of rotatable bonds is 5. The maximum atomic E-state index is 11.9. The van der Waals surface area contributed by atoms with Gasteiger partial charge in [-0.1, -0.05) is 30.7 Å². The van der Waals surface area contributed by atoms with Crippen LogP contribution in [0.3, 0.4) is 0 Å². The van der Waals surface area contributed by atoms with Gasteiger partial charge in [-0.05, 0) is 24.1 Å². The molecule has 1 heterocycles. The highest BCUT2D eigenvalue weighted by Crippen LogP contribution is 2.18. The zero-order valence-electron chi connectivity index (χ0n) is 11.1. The van der Waals surface area contributed by atoms with Crippen molar-refractivity contribution < 1.29 is 9.90 Å². The Morgan fingerprint density at radius 1 is 1.45 bits per heavy atom. The predicted octanol–water partition coefficient (Wildman–Crippen LogP) is 1.88. The quantitative estimate of drug-likeness (QED) is 0.884. The van der Waals surface area contributed by atoms with E-state index in [1.165, 1.54) is 0 Å². The average Bonchev–Trinajstić information content (AvgIpc) is 2.94. The fraction of sp³-hybridized carbons (Fsp3) is 0.286. The van der Waals surface area contributed by atoms with E-state index in [2.05, 4.69) is 10.4 Å². The maximum absolute atomic E-state index is 11.9. The van der Waals surface area contributed by atoms with Crippen LogP contribution < -0.4 is 5.32 Å². The molecule has 6 heteroatoms. The largest absolute Gasteiger partial charge is 0.396 e. The van der Waals surface area contributed by atoms with Crippen LogP contribution in [0.5, 0.6) is 0 Å². The third-order valence-electron chi connectivity index (χ3n) is 2.84. The number of hydrogen-bond donors (Lipinski definition) is 2. The van der Waals surface area contributed by atoms with Gasteiger partial charge in [0.1, 0.15) is 0 Å². The van der Waals surface area contributed by atoms with Crippen LogP contribution in [0.25, 0.3) is 5.69 Å². The van der Waals surface area contributed by atoms with Gasteiger partial charge in [-0.15, -0.1) is 0 Å². The van der Waals surface area contributed by atoms with Crippen molar-refractivity contribution >= 4 is 17.5 Å². The van der Waals surface area contributed by atoms with Crippen molar-refractivity contribution in [2.75, 3.05) is 13.2 Å². The van der Waals surface area contributed by atoms with E-state index in [1.807, 2.05) is 25.1 Å². The summed E-state index contributed by atoms with van der Waals surface area (Å²) in [6, 6.07) is 8.90. The van der Waals surface area contributed by atoms with Gasteiger partial charge in [0.25, 0.3) is 5.91 Å². The van der Waals surface area contributed by atoms with Crippen molar-refractivity contribution in [3.05, 3.63) is 47.2 Å². The lowest BCUT2D eigenvalue weighted by Gasteiger charge is -2.08. The molecule has 2 rings (SSSR count). The van der Waals surface area contributed by atoms with Gasteiger partial charge in [-0.25, -0.2) is 4.68 Å². The highest BCUT2D eigenvalue weighted by Gasteiger charge is 2.12. The number of aliphatic hydroxyl groups excluding tert-OH is 1. The summed E-state index contributed by atoms with van der Waals surface area (Å²) in [7, 11) is 0. The summed E-state index contributed by atoms with van der Waals surface area (Å²) in [5.41, 5.74) is 1.03. The smallest absolute Gasteiger partial charge is 0.271 e. The number of aliphatic hydroxyl groups is 1. The molecule has 1 unspecified atom stereocenters. The lowest BCUT2D eigenvalue weighted by Crippen LogP contribution is -2.29. The average molecular weight is 294 g/mol. The van der Waals surface area contributed by atoms with E-state index in [1.54, 1.807) is 23.0 Å². The van der Waals surface area contributed by atoms with Crippen molar-refractivity contribution in [1.82, 2.24) is 15.1 Å². The Balaban J connectivity index is 2.09. The van der Waals surface area contributed by atoms with Crippen molar-refractivity contribution in [2.45, 2.75) is 6.92 Å². The van der Waals surface area contributed by atoms with Crippen LogP contribution in [0.2, 0.25) is 5.02 Å². The summed E-state index contributed by atoms with van der Waals surface area (Å²) in [6.07, 6.45) is 1.69. The molecule has 1 aromatic carbocycles. The van der Waals surface area contributed by atoms with E-state index in [9.17, 15) is 4.79 Å². The topological polar surface area (TPSA) is 67.2 Å². The summed E-state index contributed by atoms with van der Waals surface area (Å²) in [5.74, 6) is -0.249. The second-order valence-corrected chi connectivity index (χ2v) is 5.00. The van der Waals surface area contributed by atoms with Gasteiger partial charge in [0.2, 0.25) is 0 Å². The number of benzene rings is 1. The lowest BCUT2D eigenvalue weighted by molar-refractivity contribution is 0.0937. The Hall–Kier alpha value is -1.85. The van der Waals surface area contributed by atoms with E-state index in [0.717, 1.165) is 5.69 Å². The van der Waals surface area contributed by atoms with Crippen LogP contribution in [0.1, 0.15) is 17.4 Å². The van der Waals surface area contributed by atoms with E-state index in [-0.39, 0.29) is 18.4 Å². The Labute approximate surface area is 122 Å². The number of halogens is 1. The number of aromatic nitrogens is 2. The summed E-state index contributed by atoms with van der Waals surface area (Å²) in [4.78, 5) is 11.9. The fourth-order valence-corrected chi connectivity index (χ4v) is 1.86. The van der Waals surface area contributed by atoms with Crippen molar-refractivity contribution in [2.24, 2.45) is 5.92 Å². The molecule has 2 N–H and O–H groups in total. The third kappa shape index (κ3) is 3.37. The predicted molar refractivity (Wildman–Crippen MR) is 77.2 cm³/mol. The molecule has 1 atom stereocenters. The third-order valence-corrected chi connectivity index (χ3v) is 3.16. The second kappa shape index (κ2) is 6.54. The van der Waals surface area contributed by atoms with Gasteiger partial charge in [0.15, 0.2) is 5.69 Å². The van der Waals surface area contributed by atoms with Crippen LogP contribution in [-0.4, -0.2) is 33.9 Å². The van der Waals surface area contributed by atoms with Crippen molar-refractivity contribution in [3.63, 3.8) is 0 Å². The second-order valence-electron chi connectivity index (χ2n) is 4.59. The molecular formula is C14H16ClN3O2. The lowest BCUT2D eigenvalue weighted by atomic mass is 10.2. The molecule has 0 spiro atoms. The molecule has 1 aromatic heterocycles. The Morgan fingerprint density at radius 2 is 2.20 bits per heavy atom. The Bertz CT molecular complexity index is 598. The Morgan fingerprint density at radius 3 is 2.90 bits per heavy atom.